The van der Waals surface area contributed by atoms with E-state index in [2.05, 4.69) is 32.6 Å². The predicted octanol–water partition coefficient (Wildman–Crippen LogP) is 1.15. The molecule has 4 atom stereocenters. The summed E-state index contributed by atoms with van der Waals surface area (Å²) in [6.45, 7) is 0. The Morgan fingerprint density at radius 3 is 2.75 bits per heavy atom. The first-order valence-electron chi connectivity index (χ1n) is 6.59. The molecule has 6 heteroatoms. The number of pyridine rings is 1. The molecular formula is C14H14N4OS. The van der Waals surface area contributed by atoms with Gasteiger partial charge in [-0.2, -0.15) is 0 Å². The highest BCUT2D eigenvalue weighted by Gasteiger charge is 2.51. The lowest BCUT2D eigenvalue weighted by Gasteiger charge is -2.22. The van der Waals surface area contributed by atoms with Crippen molar-refractivity contribution in [2.75, 3.05) is 0 Å². The second-order valence-corrected chi connectivity index (χ2v) is 6.09. The van der Waals surface area contributed by atoms with Crippen LogP contribution in [0.3, 0.4) is 0 Å². The molecule has 0 aromatic carbocycles. The average molecular weight is 286 g/mol. The molecule has 20 heavy (non-hydrogen) atoms. The highest BCUT2D eigenvalue weighted by atomic mass is 32.1. The number of hydrogen-bond acceptors (Lipinski definition) is 5. The lowest BCUT2D eigenvalue weighted by Crippen LogP contribution is -2.39. The van der Waals surface area contributed by atoms with Crippen LogP contribution in [-0.2, 0) is 4.79 Å². The van der Waals surface area contributed by atoms with Crippen molar-refractivity contribution in [3.8, 4) is 0 Å². The van der Waals surface area contributed by atoms with Gasteiger partial charge in [-0.05, 0) is 23.1 Å². The molecule has 4 rings (SSSR count). The van der Waals surface area contributed by atoms with Crippen LogP contribution >= 0.6 is 11.3 Å². The van der Waals surface area contributed by atoms with Gasteiger partial charge in [-0.25, -0.2) is 10.9 Å². The molecule has 5 nitrogen and oxygen atoms in total. The van der Waals surface area contributed by atoms with Crippen LogP contribution in [0.5, 0.6) is 0 Å². The maximum Gasteiger partial charge on any atom is 0.239 e. The third-order valence-corrected chi connectivity index (χ3v) is 4.98. The Balaban J connectivity index is 1.72. The fourth-order valence-electron chi connectivity index (χ4n) is 3.12. The summed E-state index contributed by atoms with van der Waals surface area (Å²) in [4.78, 5) is 17.5. The number of amides is 1. The van der Waals surface area contributed by atoms with Crippen molar-refractivity contribution < 1.29 is 4.79 Å². The zero-order valence-electron chi connectivity index (χ0n) is 10.6. The van der Waals surface area contributed by atoms with E-state index in [9.17, 15) is 4.79 Å². The lowest BCUT2D eigenvalue weighted by molar-refractivity contribution is -0.121. The van der Waals surface area contributed by atoms with Crippen LogP contribution in [-0.4, -0.2) is 16.9 Å². The van der Waals surface area contributed by atoms with E-state index in [1.807, 2.05) is 24.4 Å². The topological polar surface area (TPSA) is 66.0 Å². The number of carbonyl (C=O) groups is 1. The van der Waals surface area contributed by atoms with E-state index in [-0.39, 0.29) is 30.0 Å². The van der Waals surface area contributed by atoms with E-state index in [1.54, 1.807) is 17.5 Å². The Labute approximate surface area is 120 Å². The van der Waals surface area contributed by atoms with Gasteiger partial charge in [0.15, 0.2) is 0 Å². The molecule has 2 aromatic rings. The van der Waals surface area contributed by atoms with Crippen molar-refractivity contribution in [2.45, 2.75) is 18.1 Å². The molecule has 2 aliphatic rings. The van der Waals surface area contributed by atoms with Crippen LogP contribution < -0.4 is 16.2 Å². The van der Waals surface area contributed by atoms with Crippen molar-refractivity contribution in [1.82, 2.24) is 21.2 Å². The van der Waals surface area contributed by atoms with Crippen molar-refractivity contribution in [1.29, 1.82) is 0 Å². The summed E-state index contributed by atoms with van der Waals surface area (Å²) in [7, 11) is 0. The minimum atomic E-state index is -0.188. The smallest absolute Gasteiger partial charge is 0.239 e. The predicted molar refractivity (Wildman–Crippen MR) is 75.7 cm³/mol. The Kier molecular flexibility index (Phi) is 2.80. The number of nitrogens with one attached hydrogen (secondary N) is 3. The number of nitrogens with zero attached hydrogens (tertiary/aromatic N) is 1. The number of aromatic nitrogens is 1. The summed E-state index contributed by atoms with van der Waals surface area (Å²) in [6.07, 6.45) is 3.58. The standard InChI is InChI=1S/C14H14N4OS/c19-14-13-10(11(16-14)8-3-1-5-15-7-8)12(17-18-13)9-4-2-6-20-9/h1-7,10-13,17-18H,(H,16,19). The fraction of sp³-hybridized carbons (Fsp3) is 0.286. The van der Waals surface area contributed by atoms with Crippen LogP contribution in [0.2, 0.25) is 0 Å². The fourth-order valence-corrected chi connectivity index (χ4v) is 3.96. The van der Waals surface area contributed by atoms with E-state index in [0.29, 0.717) is 0 Å². The molecule has 2 saturated heterocycles. The van der Waals surface area contributed by atoms with Gasteiger partial charge in [0.1, 0.15) is 6.04 Å². The molecular weight excluding hydrogens is 272 g/mol. The number of rotatable bonds is 2. The Morgan fingerprint density at radius 2 is 2.00 bits per heavy atom. The van der Waals surface area contributed by atoms with Gasteiger partial charge in [0.25, 0.3) is 0 Å². The Bertz CT molecular complexity index is 615. The molecule has 4 heterocycles. The van der Waals surface area contributed by atoms with Gasteiger partial charge in [0.2, 0.25) is 5.91 Å². The lowest BCUT2D eigenvalue weighted by atomic mass is 9.87. The largest absolute Gasteiger partial charge is 0.347 e. The molecule has 1 amide bonds. The molecule has 0 spiro atoms. The molecule has 0 aliphatic carbocycles. The molecule has 0 bridgehead atoms. The summed E-state index contributed by atoms with van der Waals surface area (Å²) in [6, 6.07) is 8.02. The average Bonchev–Trinajstić information content (AvgIpc) is 3.17. The summed E-state index contributed by atoms with van der Waals surface area (Å²) in [5.41, 5.74) is 7.46. The van der Waals surface area contributed by atoms with E-state index in [0.717, 1.165) is 5.56 Å². The number of hydrazine groups is 1. The molecule has 0 saturated carbocycles. The summed E-state index contributed by atoms with van der Waals surface area (Å²) < 4.78 is 0. The normalized spacial score (nSPS) is 32.1. The second kappa shape index (κ2) is 4.66. The molecule has 2 fully saturated rings. The highest BCUT2D eigenvalue weighted by Crippen LogP contribution is 2.42. The van der Waals surface area contributed by atoms with Crippen LogP contribution in [0, 0.1) is 5.92 Å². The number of thiophene rings is 1. The number of carbonyl (C=O) groups excluding carboxylic acids is 1. The monoisotopic (exact) mass is 286 g/mol. The zero-order chi connectivity index (χ0) is 13.5. The summed E-state index contributed by atoms with van der Waals surface area (Å²) >= 11 is 1.71. The maximum absolute atomic E-state index is 12.1. The van der Waals surface area contributed by atoms with E-state index in [1.165, 1.54) is 4.88 Å². The molecule has 4 unspecified atom stereocenters. The van der Waals surface area contributed by atoms with Crippen LogP contribution in [0.1, 0.15) is 22.5 Å². The minimum Gasteiger partial charge on any atom is -0.347 e. The summed E-state index contributed by atoms with van der Waals surface area (Å²) in [5.74, 6) is 0.209. The first-order valence-corrected chi connectivity index (χ1v) is 7.47. The van der Waals surface area contributed by atoms with E-state index >= 15 is 0 Å². The van der Waals surface area contributed by atoms with Gasteiger partial charge >= 0.3 is 0 Å². The van der Waals surface area contributed by atoms with Crippen LogP contribution in [0.4, 0.5) is 0 Å². The Hall–Kier alpha value is -1.76. The molecule has 2 aromatic heterocycles. The quantitative estimate of drug-likeness (QED) is 0.775. The van der Waals surface area contributed by atoms with Crippen molar-refractivity contribution in [3.63, 3.8) is 0 Å². The third kappa shape index (κ3) is 1.76. The van der Waals surface area contributed by atoms with Gasteiger partial charge in [0, 0.05) is 23.2 Å². The SMILES string of the molecule is O=C1NC(c2cccnc2)C2C1NNC2c1cccs1. The van der Waals surface area contributed by atoms with Crippen molar-refractivity contribution in [3.05, 3.63) is 52.5 Å². The van der Waals surface area contributed by atoms with Crippen molar-refractivity contribution >= 4 is 17.2 Å². The van der Waals surface area contributed by atoms with Gasteiger partial charge in [-0.1, -0.05) is 12.1 Å². The molecule has 0 radical (unpaired) electrons. The van der Waals surface area contributed by atoms with Gasteiger partial charge in [0.05, 0.1) is 12.1 Å². The molecule has 3 N–H and O–H groups in total. The van der Waals surface area contributed by atoms with Crippen LogP contribution in [0.15, 0.2) is 42.0 Å². The first-order chi connectivity index (χ1) is 9.84. The van der Waals surface area contributed by atoms with Crippen LogP contribution in [0.25, 0.3) is 0 Å². The van der Waals surface area contributed by atoms with Crippen molar-refractivity contribution in [2.24, 2.45) is 5.92 Å². The second-order valence-electron chi connectivity index (χ2n) is 5.11. The van der Waals surface area contributed by atoms with Gasteiger partial charge in [-0.15, -0.1) is 11.3 Å². The first kappa shape index (κ1) is 12.0. The Morgan fingerprint density at radius 1 is 1.10 bits per heavy atom. The zero-order valence-corrected chi connectivity index (χ0v) is 11.4. The van der Waals surface area contributed by atoms with E-state index < -0.39 is 0 Å². The van der Waals surface area contributed by atoms with Gasteiger partial charge < -0.3 is 5.32 Å². The minimum absolute atomic E-state index is 0.00389. The summed E-state index contributed by atoms with van der Waals surface area (Å²) in [5, 5.41) is 5.15. The maximum atomic E-state index is 12.1. The molecule has 2 aliphatic heterocycles. The number of hydrogen-bond donors (Lipinski definition) is 3. The number of fused-ring (bicyclic) bond motifs is 1. The third-order valence-electron chi connectivity index (χ3n) is 4.02. The molecule has 102 valence electrons. The highest BCUT2D eigenvalue weighted by molar-refractivity contribution is 7.10. The van der Waals surface area contributed by atoms with Gasteiger partial charge in [-0.3, -0.25) is 9.78 Å². The van der Waals surface area contributed by atoms with E-state index in [4.69, 9.17) is 0 Å².